The average Bonchev–Trinajstić information content (AvgIpc) is 2.77. The molecule has 2 fully saturated rings. The molecule has 1 atom stereocenters. The van der Waals surface area contributed by atoms with E-state index < -0.39 is 5.97 Å². The SMILES string of the molecule is NC1(CC(=O)N2CCC(CC(=O)O)C2)CCCCC1. The third-order valence-corrected chi connectivity index (χ3v) is 4.45. The largest absolute Gasteiger partial charge is 0.481 e. The third-order valence-electron chi connectivity index (χ3n) is 4.45. The van der Waals surface area contributed by atoms with Gasteiger partial charge in [0.15, 0.2) is 0 Å². The Balaban J connectivity index is 1.82. The molecule has 1 aliphatic heterocycles. The summed E-state index contributed by atoms with van der Waals surface area (Å²) in [5.74, 6) is -0.555. The molecule has 1 aliphatic carbocycles. The van der Waals surface area contributed by atoms with Crippen molar-refractivity contribution in [2.24, 2.45) is 11.7 Å². The molecule has 5 nitrogen and oxygen atoms in total. The third kappa shape index (κ3) is 3.93. The molecule has 2 aliphatic rings. The van der Waals surface area contributed by atoms with E-state index in [0.717, 1.165) is 32.1 Å². The number of nitrogens with two attached hydrogens (primary N) is 1. The second kappa shape index (κ2) is 5.90. The lowest BCUT2D eigenvalue weighted by molar-refractivity contribution is -0.138. The predicted octanol–water partition coefficient (Wildman–Crippen LogP) is 1.36. The number of carboxylic acids is 1. The molecule has 3 N–H and O–H groups in total. The van der Waals surface area contributed by atoms with Crippen LogP contribution in [0.1, 0.15) is 51.4 Å². The van der Waals surface area contributed by atoms with Crippen molar-refractivity contribution < 1.29 is 14.7 Å². The van der Waals surface area contributed by atoms with Gasteiger partial charge in [0.1, 0.15) is 0 Å². The standard InChI is InChI=1S/C14H24N2O3/c15-14(5-2-1-3-6-14)9-12(17)16-7-4-11(10-16)8-13(18)19/h11H,1-10,15H2,(H,18,19). The molecule has 0 aromatic rings. The quantitative estimate of drug-likeness (QED) is 0.806. The maximum atomic E-state index is 12.2. The van der Waals surface area contributed by atoms with Crippen molar-refractivity contribution in [3.8, 4) is 0 Å². The molecule has 0 radical (unpaired) electrons. The number of hydrogen-bond donors (Lipinski definition) is 2. The second-order valence-electron chi connectivity index (χ2n) is 6.19. The van der Waals surface area contributed by atoms with Crippen LogP contribution in [-0.2, 0) is 9.59 Å². The van der Waals surface area contributed by atoms with Gasteiger partial charge in [0, 0.05) is 31.5 Å². The Bertz CT molecular complexity index is 351. The first-order valence-corrected chi connectivity index (χ1v) is 7.27. The van der Waals surface area contributed by atoms with Crippen molar-refractivity contribution in [2.75, 3.05) is 13.1 Å². The van der Waals surface area contributed by atoms with Crippen molar-refractivity contribution in [2.45, 2.75) is 56.9 Å². The van der Waals surface area contributed by atoms with Crippen LogP contribution in [0.4, 0.5) is 0 Å². The number of carbonyl (C=O) groups excluding carboxylic acids is 1. The summed E-state index contributed by atoms with van der Waals surface area (Å²) in [5, 5.41) is 8.78. The number of likely N-dealkylation sites (tertiary alicyclic amines) is 1. The van der Waals surface area contributed by atoms with E-state index in [4.69, 9.17) is 10.8 Å². The molecule has 2 rings (SSSR count). The Labute approximate surface area is 114 Å². The van der Waals surface area contributed by atoms with Crippen LogP contribution in [0.5, 0.6) is 0 Å². The van der Waals surface area contributed by atoms with E-state index >= 15 is 0 Å². The summed E-state index contributed by atoms with van der Waals surface area (Å²) >= 11 is 0. The van der Waals surface area contributed by atoms with E-state index in [1.54, 1.807) is 4.90 Å². The molecule has 0 aromatic heterocycles. The first kappa shape index (κ1) is 14.3. The Hall–Kier alpha value is -1.10. The first-order chi connectivity index (χ1) is 8.98. The summed E-state index contributed by atoms with van der Waals surface area (Å²) in [6.45, 7) is 1.27. The first-order valence-electron chi connectivity index (χ1n) is 7.27. The number of amides is 1. The highest BCUT2D eigenvalue weighted by Crippen LogP contribution is 2.30. The summed E-state index contributed by atoms with van der Waals surface area (Å²) < 4.78 is 0. The van der Waals surface area contributed by atoms with Crippen molar-refractivity contribution in [3.63, 3.8) is 0 Å². The Morgan fingerprint density at radius 3 is 2.58 bits per heavy atom. The topological polar surface area (TPSA) is 83.6 Å². The summed E-state index contributed by atoms with van der Waals surface area (Å²) in [5.41, 5.74) is 5.98. The van der Waals surface area contributed by atoms with E-state index in [-0.39, 0.29) is 23.8 Å². The second-order valence-corrected chi connectivity index (χ2v) is 6.19. The van der Waals surface area contributed by atoms with Gasteiger partial charge in [-0.05, 0) is 25.2 Å². The fraction of sp³-hybridized carbons (Fsp3) is 0.857. The summed E-state index contributed by atoms with van der Waals surface area (Å²) in [4.78, 5) is 24.7. The van der Waals surface area contributed by atoms with Crippen LogP contribution in [-0.4, -0.2) is 40.5 Å². The minimum absolute atomic E-state index is 0.109. The number of rotatable bonds is 4. The summed E-state index contributed by atoms with van der Waals surface area (Å²) in [6.07, 6.45) is 6.71. The zero-order valence-electron chi connectivity index (χ0n) is 11.4. The normalized spacial score (nSPS) is 26.4. The van der Waals surface area contributed by atoms with Crippen LogP contribution in [0, 0.1) is 5.92 Å². The molecule has 1 unspecified atom stereocenters. The lowest BCUT2D eigenvalue weighted by Gasteiger charge is -2.34. The van der Waals surface area contributed by atoms with Gasteiger partial charge in [-0.3, -0.25) is 9.59 Å². The molecular formula is C14H24N2O3. The molecule has 19 heavy (non-hydrogen) atoms. The van der Waals surface area contributed by atoms with Gasteiger partial charge in [0.2, 0.25) is 5.91 Å². The van der Waals surface area contributed by atoms with Gasteiger partial charge in [-0.1, -0.05) is 19.3 Å². The van der Waals surface area contributed by atoms with Crippen LogP contribution in [0.25, 0.3) is 0 Å². The molecule has 1 saturated heterocycles. The lowest BCUT2D eigenvalue weighted by atomic mass is 9.80. The number of carboxylic acid groups (broad SMARTS) is 1. The monoisotopic (exact) mass is 268 g/mol. The van der Waals surface area contributed by atoms with Crippen LogP contribution in [0.15, 0.2) is 0 Å². The van der Waals surface area contributed by atoms with E-state index in [0.29, 0.717) is 19.5 Å². The predicted molar refractivity (Wildman–Crippen MR) is 71.6 cm³/mol. The number of hydrogen-bond acceptors (Lipinski definition) is 3. The minimum Gasteiger partial charge on any atom is -0.481 e. The smallest absolute Gasteiger partial charge is 0.303 e. The number of nitrogens with zero attached hydrogens (tertiary/aromatic N) is 1. The molecule has 0 bridgehead atoms. The molecular weight excluding hydrogens is 244 g/mol. The molecule has 5 heteroatoms. The van der Waals surface area contributed by atoms with Crippen LogP contribution in [0.2, 0.25) is 0 Å². The van der Waals surface area contributed by atoms with Gasteiger partial charge >= 0.3 is 5.97 Å². The fourth-order valence-electron chi connectivity index (χ4n) is 3.32. The Morgan fingerprint density at radius 1 is 1.26 bits per heavy atom. The minimum atomic E-state index is -0.776. The van der Waals surface area contributed by atoms with E-state index in [1.165, 1.54) is 6.42 Å². The molecule has 108 valence electrons. The summed E-state index contributed by atoms with van der Waals surface area (Å²) in [7, 11) is 0. The van der Waals surface area contributed by atoms with Gasteiger partial charge in [-0.2, -0.15) is 0 Å². The van der Waals surface area contributed by atoms with E-state index in [1.807, 2.05) is 0 Å². The van der Waals surface area contributed by atoms with Crippen molar-refractivity contribution in [1.82, 2.24) is 4.90 Å². The zero-order valence-corrected chi connectivity index (χ0v) is 11.4. The fourth-order valence-corrected chi connectivity index (χ4v) is 3.32. The molecule has 1 saturated carbocycles. The molecule has 0 aromatic carbocycles. The Morgan fingerprint density at radius 2 is 1.95 bits per heavy atom. The van der Waals surface area contributed by atoms with E-state index in [9.17, 15) is 9.59 Å². The highest BCUT2D eigenvalue weighted by molar-refractivity contribution is 5.78. The van der Waals surface area contributed by atoms with E-state index in [2.05, 4.69) is 0 Å². The molecule has 1 amide bonds. The average molecular weight is 268 g/mol. The van der Waals surface area contributed by atoms with Crippen LogP contribution in [0.3, 0.4) is 0 Å². The van der Waals surface area contributed by atoms with Gasteiger partial charge in [0.05, 0.1) is 0 Å². The molecule has 1 heterocycles. The van der Waals surface area contributed by atoms with Crippen molar-refractivity contribution >= 4 is 11.9 Å². The molecule has 0 spiro atoms. The van der Waals surface area contributed by atoms with Gasteiger partial charge in [0.25, 0.3) is 0 Å². The lowest BCUT2D eigenvalue weighted by Crippen LogP contribution is -2.46. The highest BCUT2D eigenvalue weighted by atomic mass is 16.4. The summed E-state index contributed by atoms with van der Waals surface area (Å²) in [6, 6.07) is 0. The van der Waals surface area contributed by atoms with Crippen molar-refractivity contribution in [3.05, 3.63) is 0 Å². The van der Waals surface area contributed by atoms with Crippen LogP contribution >= 0.6 is 0 Å². The maximum Gasteiger partial charge on any atom is 0.303 e. The number of aliphatic carboxylic acids is 1. The maximum absolute atomic E-state index is 12.2. The highest BCUT2D eigenvalue weighted by Gasteiger charge is 2.34. The number of carbonyl (C=O) groups is 2. The van der Waals surface area contributed by atoms with Crippen LogP contribution < -0.4 is 5.73 Å². The van der Waals surface area contributed by atoms with Gasteiger partial charge in [-0.15, -0.1) is 0 Å². The van der Waals surface area contributed by atoms with Gasteiger partial charge < -0.3 is 15.7 Å². The zero-order chi connectivity index (χ0) is 13.9. The van der Waals surface area contributed by atoms with Crippen molar-refractivity contribution in [1.29, 1.82) is 0 Å². The van der Waals surface area contributed by atoms with Gasteiger partial charge in [-0.25, -0.2) is 0 Å². The Kier molecular flexibility index (Phi) is 4.45.